The number of carbonyl (C=O) groups excluding carboxylic acids is 3. The van der Waals surface area contributed by atoms with Crippen LogP contribution in [-0.4, -0.2) is 17.1 Å². The molecule has 0 unspecified atom stereocenters. The number of thioether (sulfide) groups is 1. The lowest BCUT2D eigenvalue weighted by atomic mass is 10.1. The van der Waals surface area contributed by atoms with E-state index in [-0.39, 0.29) is 17.1 Å². The van der Waals surface area contributed by atoms with Gasteiger partial charge in [-0.3, -0.25) is 19.7 Å². The number of aryl methyl sites for hydroxylation is 1. The van der Waals surface area contributed by atoms with Crippen LogP contribution >= 0.6 is 11.8 Å². The summed E-state index contributed by atoms with van der Waals surface area (Å²) in [5, 5.41) is 4.71. The Balaban J connectivity index is 1.62. The van der Waals surface area contributed by atoms with E-state index in [4.69, 9.17) is 0 Å². The maximum Gasteiger partial charge on any atom is 0.290 e. The van der Waals surface area contributed by atoms with Gasteiger partial charge in [-0.2, -0.15) is 0 Å². The molecule has 5 nitrogen and oxygen atoms in total. The molecule has 0 aliphatic carbocycles. The molecule has 1 saturated heterocycles. The van der Waals surface area contributed by atoms with E-state index < -0.39 is 0 Å². The maximum atomic E-state index is 12.4. The zero-order valence-electron chi connectivity index (χ0n) is 15.0. The number of unbranched alkanes of at least 4 members (excludes halogenated alkanes) is 1. The Morgan fingerprint density at radius 3 is 2.37 bits per heavy atom. The highest BCUT2D eigenvalue weighted by molar-refractivity contribution is 8.18. The van der Waals surface area contributed by atoms with Gasteiger partial charge in [0.15, 0.2) is 0 Å². The number of amides is 3. The third-order valence-corrected chi connectivity index (χ3v) is 4.95. The largest absolute Gasteiger partial charge is 0.322 e. The molecule has 0 aromatic heterocycles. The monoisotopic (exact) mass is 380 g/mol. The van der Waals surface area contributed by atoms with Gasteiger partial charge in [-0.25, -0.2) is 0 Å². The number of imide groups is 1. The lowest BCUT2D eigenvalue weighted by Crippen LogP contribution is -2.17. The second kappa shape index (κ2) is 8.68. The van der Waals surface area contributed by atoms with Crippen LogP contribution in [0.25, 0.3) is 6.08 Å². The first kappa shape index (κ1) is 18.9. The standard InChI is InChI=1S/C21H20N2O3S/c1-2-3-4-14-5-9-16(10-6-14)19(24)22-17-11-7-15(8-12-17)13-18-20(25)23-21(26)27-18/h5-13H,2-4H2,1H3,(H,22,24)(H,23,25,26). The first-order valence-electron chi connectivity index (χ1n) is 8.80. The van der Waals surface area contributed by atoms with E-state index >= 15 is 0 Å². The molecule has 1 fully saturated rings. The summed E-state index contributed by atoms with van der Waals surface area (Å²) in [6.07, 6.45) is 4.96. The van der Waals surface area contributed by atoms with Crippen molar-refractivity contribution in [1.82, 2.24) is 5.32 Å². The minimum Gasteiger partial charge on any atom is -0.322 e. The van der Waals surface area contributed by atoms with E-state index in [1.54, 1.807) is 30.3 Å². The summed E-state index contributed by atoms with van der Waals surface area (Å²) in [5.74, 6) is -0.552. The Morgan fingerprint density at radius 2 is 1.78 bits per heavy atom. The number of rotatable bonds is 6. The van der Waals surface area contributed by atoms with Gasteiger partial charge in [0.05, 0.1) is 4.91 Å². The van der Waals surface area contributed by atoms with Crippen LogP contribution in [0.3, 0.4) is 0 Å². The van der Waals surface area contributed by atoms with Crippen molar-refractivity contribution in [1.29, 1.82) is 0 Å². The van der Waals surface area contributed by atoms with Crippen LogP contribution in [-0.2, 0) is 11.2 Å². The molecule has 1 heterocycles. The van der Waals surface area contributed by atoms with E-state index in [1.807, 2.05) is 24.3 Å². The van der Waals surface area contributed by atoms with Crippen LogP contribution < -0.4 is 10.6 Å². The highest BCUT2D eigenvalue weighted by Crippen LogP contribution is 2.26. The molecule has 0 saturated carbocycles. The second-order valence-corrected chi connectivity index (χ2v) is 7.24. The average Bonchev–Trinajstić information content (AvgIpc) is 2.99. The summed E-state index contributed by atoms with van der Waals surface area (Å²) >= 11 is 0.878. The normalized spacial score (nSPS) is 15.1. The number of hydrogen-bond acceptors (Lipinski definition) is 4. The zero-order valence-corrected chi connectivity index (χ0v) is 15.8. The molecule has 6 heteroatoms. The van der Waals surface area contributed by atoms with Crippen LogP contribution in [0.15, 0.2) is 53.4 Å². The van der Waals surface area contributed by atoms with E-state index in [2.05, 4.69) is 17.6 Å². The van der Waals surface area contributed by atoms with E-state index in [1.165, 1.54) is 5.56 Å². The van der Waals surface area contributed by atoms with Gasteiger partial charge in [0.25, 0.3) is 17.1 Å². The fraction of sp³-hybridized carbons (Fsp3) is 0.190. The summed E-state index contributed by atoms with van der Waals surface area (Å²) in [4.78, 5) is 35.5. The molecular weight excluding hydrogens is 360 g/mol. The highest BCUT2D eigenvalue weighted by atomic mass is 32.2. The van der Waals surface area contributed by atoms with Gasteiger partial charge in [-0.15, -0.1) is 0 Å². The summed E-state index contributed by atoms with van der Waals surface area (Å²) in [5.41, 5.74) is 3.29. The third-order valence-electron chi connectivity index (χ3n) is 4.14. The number of hydrogen-bond donors (Lipinski definition) is 2. The minimum atomic E-state index is -0.384. The van der Waals surface area contributed by atoms with Crippen molar-refractivity contribution in [2.45, 2.75) is 26.2 Å². The smallest absolute Gasteiger partial charge is 0.290 e. The maximum absolute atomic E-state index is 12.4. The minimum absolute atomic E-state index is 0.167. The molecule has 0 bridgehead atoms. The molecule has 0 atom stereocenters. The molecule has 1 aliphatic rings. The number of carbonyl (C=O) groups is 3. The Bertz CT molecular complexity index is 887. The van der Waals surface area contributed by atoms with Crippen LogP contribution in [0.4, 0.5) is 10.5 Å². The molecule has 2 N–H and O–H groups in total. The topological polar surface area (TPSA) is 75.3 Å². The molecule has 2 aromatic carbocycles. The zero-order chi connectivity index (χ0) is 19.2. The highest BCUT2D eigenvalue weighted by Gasteiger charge is 2.24. The van der Waals surface area contributed by atoms with Gasteiger partial charge < -0.3 is 5.32 Å². The summed E-state index contributed by atoms with van der Waals surface area (Å²) in [6.45, 7) is 2.16. The van der Waals surface area contributed by atoms with Crippen molar-refractivity contribution in [2.24, 2.45) is 0 Å². The fourth-order valence-corrected chi connectivity index (χ4v) is 3.32. The first-order chi connectivity index (χ1) is 13.0. The molecule has 0 spiro atoms. The Labute approximate surface area is 162 Å². The number of anilines is 1. The van der Waals surface area contributed by atoms with E-state index in [0.29, 0.717) is 16.2 Å². The number of nitrogens with one attached hydrogen (secondary N) is 2. The molecule has 1 aliphatic heterocycles. The van der Waals surface area contributed by atoms with Crippen LogP contribution in [0, 0.1) is 0 Å². The van der Waals surface area contributed by atoms with Gasteiger partial charge in [0.2, 0.25) is 0 Å². The molecule has 0 radical (unpaired) electrons. The van der Waals surface area contributed by atoms with Crippen molar-refractivity contribution in [2.75, 3.05) is 5.32 Å². The quantitative estimate of drug-likeness (QED) is 0.718. The Morgan fingerprint density at radius 1 is 1.07 bits per heavy atom. The van der Waals surface area contributed by atoms with Crippen molar-refractivity contribution >= 4 is 40.6 Å². The van der Waals surface area contributed by atoms with E-state index in [9.17, 15) is 14.4 Å². The van der Waals surface area contributed by atoms with Gasteiger partial charge in [0, 0.05) is 11.3 Å². The molecule has 3 rings (SSSR count). The molecule has 138 valence electrons. The van der Waals surface area contributed by atoms with Crippen LogP contribution in [0.2, 0.25) is 0 Å². The lowest BCUT2D eigenvalue weighted by Gasteiger charge is -2.07. The SMILES string of the molecule is CCCCc1ccc(C(=O)Nc2ccc(C=C3SC(=O)NC3=O)cc2)cc1. The average molecular weight is 380 g/mol. The lowest BCUT2D eigenvalue weighted by molar-refractivity contribution is -0.115. The Kier molecular flexibility index (Phi) is 6.08. The van der Waals surface area contributed by atoms with E-state index in [0.717, 1.165) is 36.6 Å². The van der Waals surface area contributed by atoms with Gasteiger partial charge in [0.1, 0.15) is 0 Å². The summed E-state index contributed by atoms with van der Waals surface area (Å²) in [6, 6.07) is 14.8. The predicted molar refractivity (Wildman–Crippen MR) is 109 cm³/mol. The predicted octanol–water partition coefficient (Wildman–Crippen LogP) is 4.61. The molecule has 3 amide bonds. The Hall–Kier alpha value is -2.86. The van der Waals surface area contributed by atoms with Gasteiger partial charge in [-0.05, 0) is 66.1 Å². The molecule has 2 aromatic rings. The second-order valence-electron chi connectivity index (χ2n) is 6.23. The van der Waals surface area contributed by atoms with Gasteiger partial charge >= 0.3 is 0 Å². The molecular formula is C21H20N2O3S. The fourth-order valence-electron chi connectivity index (χ4n) is 2.64. The van der Waals surface area contributed by atoms with Crippen LogP contribution in [0.5, 0.6) is 0 Å². The van der Waals surface area contributed by atoms with Crippen molar-refractivity contribution in [3.05, 3.63) is 70.1 Å². The summed E-state index contributed by atoms with van der Waals surface area (Å²) < 4.78 is 0. The van der Waals surface area contributed by atoms with Crippen molar-refractivity contribution in [3.63, 3.8) is 0 Å². The van der Waals surface area contributed by atoms with Crippen molar-refractivity contribution < 1.29 is 14.4 Å². The third kappa shape index (κ3) is 5.08. The number of benzene rings is 2. The van der Waals surface area contributed by atoms with Crippen molar-refractivity contribution in [3.8, 4) is 0 Å². The molecule has 27 heavy (non-hydrogen) atoms. The van der Waals surface area contributed by atoms with Gasteiger partial charge in [-0.1, -0.05) is 37.6 Å². The van der Waals surface area contributed by atoms with Crippen LogP contribution in [0.1, 0.15) is 41.3 Å². The summed E-state index contributed by atoms with van der Waals surface area (Å²) in [7, 11) is 0. The first-order valence-corrected chi connectivity index (χ1v) is 9.62.